The van der Waals surface area contributed by atoms with Crippen molar-refractivity contribution >= 4 is 60.2 Å². The Balaban J connectivity index is 0.864. The van der Waals surface area contributed by atoms with Gasteiger partial charge in [0.15, 0.2) is 0 Å². The second-order valence-electron chi connectivity index (χ2n) is 26.8. The Labute approximate surface area is 516 Å². The Morgan fingerprint density at radius 3 is 1.10 bits per heavy atom. The molecule has 0 saturated carbocycles. The van der Waals surface area contributed by atoms with Crippen molar-refractivity contribution in [1.82, 2.24) is 0 Å². The fourth-order valence-electron chi connectivity index (χ4n) is 16.3. The predicted octanol–water partition coefficient (Wildman–Crippen LogP) is 24.0. The number of hydrogen-bond donors (Lipinski definition) is 0. The number of aryl methyl sites for hydroxylation is 2. The summed E-state index contributed by atoms with van der Waals surface area (Å²) in [5.74, 6) is 0. The normalized spacial score (nSPS) is 14.4. The van der Waals surface area contributed by atoms with Crippen LogP contribution in [0, 0.1) is 13.8 Å². The van der Waals surface area contributed by atoms with Gasteiger partial charge < -0.3 is 4.90 Å². The first-order valence-corrected chi connectivity index (χ1v) is 31.4. The minimum Gasteiger partial charge on any atom is -0.310 e. The van der Waals surface area contributed by atoms with Crippen LogP contribution >= 0.6 is 0 Å². The van der Waals surface area contributed by atoms with Crippen LogP contribution in [0.3, 0.4) is 0 Å². The molecule has 1 heteroatoms. The molecule has 0 spiro atoms. The van der Waals surface area contributed by atoms with Crippen molar-refractivity contribution in [1.29, 1.82) is 0 Å². The fourth-order valence-corrected chi connectivity index (χ4v) is 16.3. The molecule has 1 nitrogen and oxygen atoms in total. The third-order valence-corrected chi connectivity index (χ3v) is 20.8. The van der Waals surface area contributed by atoms with Crippen LogP contribution in [0.4, 0.5) is 17.1 Å². The molecule has 0 saturated heterocycles. The van der Waals surface area contributed by atoms with Crippen LogP contribution < -0.4 is 4.90 Å². The third kappa shape index (κ3) is 7.47. The van der Waals surface area contributed by atoms with Gasteiger partial charge in [0.05, 0.1) is 0 Å². The molecule has 14 aromatic carbocycles. The van der Waals surface area contributed by atoms with Crippen LogP contribution in [0.2, 0.25) is 0 Å². The van der Waals surface area contributed by atoms with E-state index in [0.717, 1.165) is 17.1 Å². The molecule has 0 N–H and O–H groups in total. The van der Waals surface area contributed by atoms with Crippen molar-refractivity contribution in [2.45, 2.75) is 71.6 Å². The van der Waals surface area contributed by atoms with Gasteiger partial charge >= 0.3 is 0 Å². The van der Waals surface area contributed by atoms with E-state index in [2.05, 4.69) is 321 Å². The van der Waals surface area contributed by atoms with Gasteiger partial charge in [-0.1, -0.05) is 253 Å². The zero-order chi connectivity index (χ0) is 59.5. The summed E-state index contributed by atoms with van der Waals surface area (Å²) in [5.41, 5.74) is 31.3. The van der Waals surface area contributed by atoms with Gasteiger partial charge in [0.1, 0.15) is 0 Å². The van der Waals surface area contributed by atoms with E-state index in [4.69, 9.17) is 0 Å². The van der Waals surface area contributed by atoms with Crippen LogP contribution in [0.25, 0.3) is 121 Å². The maximum absolute atomic E-state index is 2.58. The first-order chi connectivity index (χ1) is 42.8. The van der Waals surface area contributed by atoms with Gasteiger partial charge in [-0.05, 0) is 228 Å². The van der Waals surface area contributed by atoms with E-state index in [9.17, 15) is 0 Å². The lowest BCUT2D eigenvalue weighted by atomic mass is 9.79. The summed E-state index contributed by atoms with van der Waals surface area (Å²) in [4.78, 5) is 2.58. The summed E-state index contributed by atoms with van der Waals surface area (Å²) in [6.45, 7) is 19.2. The van der Waals surface area contributed by atoms with E-state index in [1.165, 1.54) is 165 Å². The third-order valence-electron chi connectivity index (χ3n) is 20.8. The second-order valence-corrected chi connectivity index (χ2v) is 26.8. The number of nitrogens with zero attached hydrogens (tertiary/aromatic N) is 1. The highest BCUT2D eigenvalue weighted by atomic mass is 15.1. The minimum absolute atomic E-state index is 0.299. The molecule has 0 fully saturated rings. The maximum Gasteiger partial charge on any atom is 0.0465 e. The number of hydrogen-bond acceptors (Lipinski definition) is 1. The van der Waals surface area contributed by atoms with Gasteiger partial charge in [0.2, 0.25) is 0 Å². The van der Waals surface area contributed by atoms with Crippen molar-refractivity contribution in [2.75, 3.05) is 4.90 Å². The first-order valence-electron chi connectivity index (χ1n) is 31.4. The highest BCUT2D eigenvalue weighted by molar-refractivity contribution is 6.14. The molecule has 17 rings (SSSR count). The van der Waals surface area contributed by atoms with E-state index in [0.29, 0.717) is 0 Å². The number of fused-ring (bicyclic) bond motifs is 16. The topological polar surface area (TPSA) is 3.24 Å². The fraction of sp³-hybridized carbons (Fsp3) is 0.126. The highest BCUT2D eigenvalue weighted by Gasteiger charge is 2.42. The van der Waals surface area contributed by atoms with Crippen molar-refractivity contribution in [3.63, 3.8) is 0 Å². The van der Waals surface area contributed by atoms with Crippen molar-refractivity contribution < 1.29 is 0 Å². The molecule has 0 radical (unpaired) electrons. The summed E-state index contributed by atoms with van der Waals surface area (Å²) in [7, 11) is 0. The molecular formula is C87H67N. The minimum atomic E-state index is -0.326. The van der Waals surface area contributed by atoms with Crippen LogP contribution in [-0.2, 0) is 16.2 Å². The van der Waals surface area contributed by atoms with Gasteiger partial charge in [-0.2, -0.15) is 0 Å². The molecule has 3 aliphatic carbocycles. The summed E-state index contributed by atoms with van der Waals surface area (Å²) >= 11 is 0. The average Bonchev–Trinajstić information content (AvgIpc) is 1.57. The molecule has 0 bridgehead atoms. The zero-order valence-electron chi connectivity index (χ0n) is 51.3. The molecular weight excluding hydrogens is 1060 g/mol. The maximum atomic E-state index is 2.58. The number of rotatable bonds is 7. The standard InChI is InChI=1S/C87H67N/c1-52-37-38-53(2)72(45-52)75-51-81-84(68-35-21-18-32-65(68)75)71-44-41-58(48-78(71)87(81,7)8)88(57-40-43-70-77(47-57)86(5,6)80-50-74(64-31-17-20-34-67(64)83(70)80)62-36-22-26-55-25-12-13-27-60(55)62)56-39-42-69-76(46-56)85(3,4)79-49-73(63-30-16-19-33-66(63)82(69)79)61-29-15-14-28-59(61)54-23-10-9-11-24-54/h9-51H,1-8H3. The van der Waals surface area contributed by atoms with E-state index in [-0.39, 0.29) is 16.2 Å². The van der Waals surface area contributed by atoms with Crippen molar-refractivity contribution in [3.8, 4) is 77.9 Å². The van der Waals surface area contributed by atoms with Crippen molar-refractivity contribution in [2.24, 2.45) is 0 Å². The van der Waals surface area contributed by atoms with Crippen LogP contribution in [0.15, 0.2) is 261 Å². The van der Waals surface area contributed by atoms with E-state index in [1.807, 2.05) is 0 Å². The SMILES string of the molecule is Cc1ccc(C)c(-c2cc3c(c4ccccc24)-c2ccc(N(c4ccc5c(c4)C(C)(C)c4cc(-c6ccccc6-c6ccccc6)c6ccccc6c4-5)c4ccc5c(c4)C(C)(C)c4cc(-c6cccc7ccccc67)c6ccccc6c4-5)cc2C3(C)C)c1. The van der Waals surface area contributed by atoms with E-state index < -0.39 is 0 Å². The molecule has 0 aromatic heterocycles. The Hall–Kier alpha value is -10.1. The Morgan fingerprint density at radius 2 is 0.614 bits per heavy atom. The van der Waals surface area contributed by atoms with Crippen molar-refractivity contribution in [3.05, 3.63) is 305 Å². The van der Waals surface area contributed by atoms with Crippen LogP contribution in [0.1, 0.15) is 86.1 Å². The lowest BCUT2D eigenvalue weighted by molar-refractivity contribution is 0.660. The smallest absolute Gasteiger partial charge is 0.0465 e. The first kappa shape index (κ1) is 52.3. The quantitative estimate of drug-likeness (QED) is 0.154. The second kappa shape index (κ2) is 19.0. The molecule has 88 heavy (non-hydrogen) atoms. The summed E-state index contributed by atoms with van der Waals surface area (Å²) in [6.07, 6.45) is 0. The number of benzene rings is 14. The van der Waals surface area contributed by atoms with Crippen LogP contribution in [0.5, 0.6) is 0 Å². The molecule has 0 heterocycles. The van der Waals surface area contributed by atoms with Gasteiger partial charge in [0, 0.05) is 33.3 Å². The van der Waals surface area contributed by atoms with E-state index in [1.54, 1.807) is 0 Å². The number of anilines is 3. The summed E-state index contributed by atoms with van der Waals surface area (Å²) in [6, 6.07) is 99.4. The lowest BCUT2D eigenvalue weighted by Gasteiger charge is -2.31. The summed E-state index contributed by atoms with van der Waals surface area (Å²) in [5, 5.41) is 10.3. The Bertz CT molecular complexity index is 5310. The lowest BCUT2D eigenvalue weighted by Crippen LogP contribution is -2.19. The molecule has 0 atom stereocenters. The van der Waals surface area contributed by atoms with Gasteiger partial charge in [-0.15, -0.1) is 0 Å². The van der Waals surface area contributed by atoms with Gasteiger partial charge in [0.25, 0.3) is 0 Å². The molecule has 14 aromatic rings. The molecule has 0 aliphatic heterocycles. The monoisotopic (exact) mass is 1130 g/mol. The highest BCUT2D eigenvalue weighted by Crippen LogP contribution is 2.60. The molecule has 0 unspecified atom stereocenters. The van der Waals surface area contributed by atoms with Gasteiger partial charge in [-0.3, -0.25) is 0 Å². The van der Waals surface area contributed by atoms with E-state index >= 15 is 0 Å². The Morgan fingerprint density at radius 1 is 0.239 bits per heavy atom. The average molecular weight is 1130 g/mol. The Kier molecular flexibility index (Phi) is 11.3. The largest absolute Gasteiger partial charge is 0.310 e. The molecule has 0 amide bonds. The molecule has 3 aliphatic rings. The van der Waals surface area contributed by atoms with Crippen LogP contribution in [-0.4, -0.2) is 0 Å². The molecule has 420 valence electrons. The zero-order valence-corrected chi connectivity index (χ0v) is 51.3. The van der Waals surface area contributed by atoms with Gasteiger partial charge in [-0.25, -0.2) is 0 Å². The summed E-state index contributed by atoms with van der Waals surface area (Å²) < 4.78 is 0. The predicted molar refractivity (Wildman–Crippen MR) is 375 cm³/mol.